The topological polar surface area (TPSA) is 101 Å². The van der Waals surface area contributed by atoms with Gasteiger partial charge in [-0.1, -0.05) is 6.08 Å². The van der Waals surface area contributed by atoms with Gasteiger partial charge in [0.05, 0.1) is 12.7 Å². The fourth-order valence-electron chi connectivity index (χ4n) is 1.98. The summed E-state index contributed by atoms with van der Waals surface area (Å²) in [5, 5.41) is 27.3. The molecule has 0 spiro atoms. The monoisotopic (exact) mass is 258 g/mol. The molecule has 1 rings (SSSR count). The Morgan fingerprint density at radius 2 is 2.17 bits per heavy atom. The lowest BCUT2D eigenvalue weighted by Gasteiger charge is -2.29. The second-order valence-corrected chi connectivity index (χ2v) is 4.14. The molecule has 0 radical (unpaired) electrons. The smallest absolute Gasteiger partial charge is 0.326 e. The summed E-state index contributed by atoms with van der Waals surface area (Å²) >= 11 is 0. The predicted octanol–water partition coefficient (Wildman–Crippen LogP) is -0.893. The van der Waals surface area contributed by atoms with Crippen molar-refractivity contribution in [3.63, 3.8) is 0 Å². The highest BCUT2D eigenvalue weighted by Crippen LogP contribution is 2.19. The standard InChI is InChI=1S/C11H18N2O5/c1-2-3-12(4-5-14)11(18)13-7-8(15)6-9(13)10(16)17/h2,8-9,14-15H,1,3-7H2,(H,16,17)/t8-,9+/m1/s1. The van der Waals surface area contributed by atoms with Gasteiger partial charge in [0.15, 0.2) is 0 Å². The van der Waals surface area contributed by atoms with E-state index in [9.17, 15) is 14.7 Å². The van der Waals surface area contributed by atoms with Gasteiger partial charge in [0.1, 0.15) is 6.04 Å². The first-order valence-corrected chi connectivity index (χ1v) is 5.69. The lowest BCUT2D eigenvalue weighted by Crippen LogP contribution is -2.49. The van der Waals surface area contributed by atoms with E-state index in [1.807, 2.05) is 0 Å². The van der Waals surface area contributed by atoms with Crippen LogP contribution in [0.15, 0.2) is 12.7 Å². The van der Waals surface area contributed by atoms with Gasteiger partial charge in [-0.15, -0.1) is 6.58 Å². The molecular formula is C11H18N2O5. The van der Waals surface area contributed by atoms with Crippen molar-refractivity contribution in [1.82, 2.24) is 9.80 Å². The summed E-state index contributed by atoms with van der Waals surface area (Å²) in [6, 6.07) is -1.52. The third-order valence-corrected chi connectivity index (χ3v) is 2.80. The van der Waals surface area contributed by atoms with Crippen LogP contribution in [0.4, 0.5) is 4.79 Å². The van der Waals surface area contributed by atoms with Gasteiger partial charge in [-0.3, -0.25) is 0 Å². The first kappa shape index (κ1) is 14.5. The molecule has 0 aromatic carbocycles. The molecule has 0 saturated carbocycles. The molecule has 0 aromatic rings. The summed E-state index contributed by atoms with van der Waals surface area (Å²) in [4.78, 5) is 25.5. The molecule has 1 heterocycles. The summed E-state index contributed by atoms with van der Waals surface area (Å²) < 4.78 is 0. The van der Waals surface area contributed by atoms with E-state index < -0.39 is 24.1 Å². The summed E-state index contributed by atoms with van der Waals surface area (Å²) in [7, 11) is 0. The highest BCUT2D eigenvalue weighted by Gasteiger charge is 2.40. The minimum atomic E-state index is -1.14. The molecule has 0 aliphatic carbocycles. The van der Waals surface area contributed by atoms with Crippen molar-refractivity contribution in [2.24, 2.45) is 0 Å². The van der Waals surface area contributed by atoms with E-state index in [1.54, 1.807) is 0 Å². The molecule has 7 nitrogen and oxygen atoms in total. The second-order valence-electron chi connectivity index (χ2n) is 4.14. The van der Waals surface area contributed by atoms with Gasteiger partial charge in [0.25, 0.3) is 0 Å². The highest BCUT2D eigenvalue weighted by molar-refractivity contribution is 5.83. The number of β-amino-alcohol motifs (C(OH)–C–C–N with tert-alkyl or cyclic N) is 1. The minimum Gasteiger partial charge on any atom is -0.480 e. The quantitative estimate of drug-likeness (QED) is 0.555. The molecule has 2 atom stereocenters. The number of nitrogens with zero attached hydrogens (tertiary/aromatic N) is 2. The molecule has 0 aromatic heterocycles. The van der Waals surface area contributed by atoms with E-state index in [2.05, 4.69) is 6.58 Å². The molecule has 1 fully saturated rings. The molecule has 1 aliphatic heterocycles. The van der Waals surface area contributed by atoms with Gasteiger partial charge in [-0.05, 0) is 0 Å². The number of carboxylic acid groups (broad SMARTS) is 1. The van der Waals surface area contributed by atoms with Gasteiger partial charge >= 0.3 is 12.0 Å². The Balaban J connectivity index is 2.79. The number of carbonyl (C=O) groups is 2. The normalized spacial score (nSPS) is 22.9. The lowest BCUT2D eigenvalue weighted by atomic mass is 10.2. The zero-order valence-corrected chi connectivity index (χ0v) is 10.0. The average Bonchev–Trinajstić information content (AvgIpc) is 2.70. The maximum atomic E-state index is 12.1. The Bertz CT molecular complexity index is 333. The Kier molecular flexibility index (Phi) is 5.11. The molecule has 0 bridgehead atoms. The van der Waals surface area contributed by atoms with Gasteiger partial charge in [0, 0.05) is 26.1 Å². The number of hydrogen-bond donors (Lipinski definition) is 3. The van der Waals surface area contributed by atoms with E-state index in [-0.39, 0.29) is 32.7 Å². The minimum absolute atomic E-state index is 0.00509. The zero-order valence-electron chi connectivity index (χ0n) is 10.0. The molecule has 1 aliphatic rings. The maximum absolute atomic E-state index is 12.1. The van der Waals surface area contributed by atoms with Crippen LogP contribution in [0.25, 0.3) is 0 Å². The van der Waals surface area contributed by atoms with Crippen molar-refractivity contribution in [3.05, 3.63) is 12.7 Å². The Hall–Kier alpha value is -1.60. The number of rotatable bonds is 5. The number of carboxylic acids is 1. The summed E-state index contributed by atoms with van der Waals surface area (Å²) in [5.41, 5.74) is 0. The van der Waals surface area contributed by atoms with E-state index >= 15 is 0 Å². The largest absolute Gasteiger partial charge is 0.480 e. The van der Waals surface area contributed by atoms with Crippen molar-refractivity contribution >= 4 is 12.0 Å². The number of aliphatic hydroxyl groups excluding tert-OH is 2. The van der Waals surface area contributed by atoms with Crippen LogP contribution >= 0.6 is 0 Å². The van der Waals surface area contributed by atoms with Crippen molar-refractivity contribution in [2.75, 3.05) is 26.2 Å². The van der Waals surface area contributed by atoms with Gasteiger partial charge < -0.3 is 25.1 Å². The van der Waals surface area contributed by atoms with Crippen LogP contribution in [0.5, 0.6) is 0 Å². The zero-order chi connectivity index (χ0) is 13.7. The fraction of sp³-hybridized carbons (Fsp3) is 0.636. The molecule has 7 heteroatoms. The SMILES string of the molecule is C=CCN(CCO)C(=O)N1C[C@H](O)C[C@H]1C(=O)O. The van der Waals surface area contributed by atoms with E-state index in [0.717, 1.165) is 4.90 Å². The van der Waals surface area contributed by atoms with Crippen molar-refractivity contribution in [2.45, 2.75) is 18.6 Å². The van der Waals surface area contributed by atoms with Crippen LogP contribution in [0.2, 0.25) is 0 Å². The van der Waals surface area contributed by atoms with Crippen LogP contribution < -0.4 is 0 Å². The number of carbonyl (C=O) groups excluding carboxylic acids is 1. The van der Waals surface area contributed by atoms with Gasteiger partial charge in [-0.25, -0.2) is 9.59 Å². The summed E-state index contributed by atoms with van der Waals surface area (Å²) in [6.07, 6.45) is 0.701. The van der Waals surface area contributed by atoms with Crippen LogP contribution in [-0.4, -0.2) is 75.5 Å². The number of aliphatic carboxylic acids is 1. The molecule has 102 valence electrons. The average molecular weight is 258 g/mol. The maximum Gasteiger partial charge on any atom is 0.326 e. The molecule has 2 amide bonds. The molecular weight excluding hydrogens is 240 g/mol. The van der Waals surface area contributed by atoms with E-state index in [1.165, 1.54) is 11.0 Å². The number of urea groups is 1. The predicted molar refractivity (Wildman–Crippen MR) is 63.0 cm³/mol. The Labute approximate surface area is 105 Å². The lowest BCUT2D eigenvalue weighted by molar-refractivity contribution is -0.141. The fourth-order valence-corrected chi connectivity index (χ4v) is 1.98. The first-order chi connectivity index (χ1) is 8.51. The molecule has 1 saturated heterocycles. The molecule has 0 unspecified atom stereocenters. The van der Waals surface area contributed by atoms with Gasteiger partial charge in [0.2, 0.25) is 0 Å². The van der Waals surface area contributed by atoms with Gasteiger partial charge in [-0.2, -0.15) is 0 Å². The Morgan fingerprint density at radius 3 is 2.67 bits per heavy atom. The third-order valence-electron chi connectivity index (χ3n) is 2.80. The first-order valence-electron chi connectivity index (χ1n) is 5.69. The second kappa shape index (κ2) is 6.36. The van der Waals surface area contributed by atoms with Crippen molar-refractivity contribution < 1.29 is 24.9 Å². The van der Waals surface area contributed by atoms with Crippen molar-refractivity contribution in [1.29, 1.82) is 0 Å². The molecule has 3 N–H and O–H groups in total. The van der Waals surface area contributed by atoms with E-state index in [0.29, 0.717) is 0 Å². The summed E-state index contributed by atoms with van der Waals surface area (Å²) in [5.74, 6) is -1.14. The number of aliphatic hydroxyl groups is 2. The third kappa shape index (κ3) is 3.21. The van der Waals surface area contributed by atoms with Crippen LogP contribution in [0.1, 0.15) is 6.42 Å². The van der Waals surface area contributed by atoms with Crippen LogP contribution in [0.3, 0.4) is 0 Å². The highest BCUT2D eigenvalue weighted by atomic mass is 16.4. The molecule has 18 heavy (non-hydrogen) atoms. The van der Waals surface area contributed by atoms with Crippen LogP contribution in [0, 0.1) is 0 Å². The van der Waals surface area contributed by atoms with Crippen LogP contribution in [-0.2, 0) is 4.79 Å². The Morgan fingerprint density at radius 1 is 1.50 bits per heavy atom. The van der Waals surface area contributed by atoms with Crippen molar-refractivity contribution in [3.8, 4) is 0 Å². The summed E-state index contributed by atoms with van der Waals surface area (Å²) in [6.45, 7) is 3.60. The number of likely N-dealkylation sites (tertiary alicyclic amines) is 1. The number of hydrogen-bond acceptors (Lipinski definition) is 4. The van der Waals surface area contributed by atoms with E-state index in [4.69, 9.17) is 10.2 Å². The number of amides is 2.